The standard InChI is InChI=1S/C28H30N2O5/c31-26(32)16-20-7-5-6-14-30(20)27(33)18-12-13-19(15-18)29-28(34)35-17-25-23-10-3-1-8-21(23)22-9-2-4-11-24(22)25/h1-4,8-13,18-20,25H,5-7,14-17H2,(H,29,34)(H,31,32). The molecule has 3 aliphatic rings. The lowest BCUT2D eigenvalue weighted by atomic mass is 9.96. The van der Waals surface area contributed by atoms with Crippen LogP contribution in [0.15, 0.2) is 60.7 Å². The van der Waals surface area contributed by atoms with Gasteiger partial charge in [-0.05, 0) is 47.9 Å². The van der Waals surface area contributed by atoms with Gasteiger partial charge >= 0.3 is 12.1 Å². The van der Waals surface area contributed by atoms with Gasteiger partial charge in [0.15, 0.2) is 0 Å². The summed E-state index contributed by atoms with van der Waals surface area (Å²) in [6, 6.07) is 15.8. The van der Waals surface area contributed by atoms with Crippen molar-refractivity contribution in [2.75, 3.05) is 13.2 Å². The molecule has 1 fully saturated rings. The highest BCUT2D eigenvalue weighted by atomic mass is 16.5. The zero-order chi connectivity index (χ0) is 24.4. The first-order chi connectivity index (χ1) is 17.0. The van der Waals surface area contributed by atoms with Crippen molar-refractivity contribution in [3.8, 4) is 11.1 Å². The van der Waals surface area contributed by atoms with E-state index < -0.39 is 12.1 Å². The minimum Gasteiger partial charge on any atom is -0.481 e. The maximum absolute atomic E-state index is 13.1. The number of carboxylic acid groups (broad SMARTS) is 1. The minimum atomic E-state index is -0.883. The molecule has 3 unspecified atom stereocenters. The van der Waals surface area contributed by atoms with Crippen LogP contribution in [0.25, 0.3) is 11.1 Å². The van der Waals surface area contributed by atoms with Crippen molar-refractivity contribution in [3.05, 3.63) is 71.8 Å². The van der Waals surface area contributed by atoms with Gasteiger partial charge < -0.3 is 20.1 Å². The van der Waals surface area contributed by atoms with Crippen molar-refractivity contribution in [1.29, 1.82) is 0 Å². The predicted molar refractivity (Wildman–Crippen MR) is 131 cm³/mol. The van der Waals surface area contributed by atoms with Crippen LogP contribution in [-0.2, 0) is 14.3 Å². The van der Waals surface area contributed by atoms with Crippen LogP contribution >= 0.6 is 0 Å². The third-order valence-electron chi connectivity index (χ3n) is 7.37. The zero-order valence-corrected chi connectivity index (χ0v) is 19.6. The van der Waals surface area contributed by atoms with Crippen LogP contribution in [0.4, 0.5) is 4.79 Å². The highest BCUT2D eigenvalue weighted by molar-refractivity contribution is 5.83. The first-order valence-electron chi connectivity index (χ1n) is 12.3. The lowest BCUT2D eigenvalue weighted by Crippen LogP contribution is -2.47. The molecule has 2 aliphatic carbocycles. The molecule has 0 aromatic heterocycles. The third-order valence-corrected chi connectivity index (χ3v) is 7.37. The third kappa shape index (κ3) is 4.81. The number of benzene rings is 2. The minimum absolute atomic E-state index is 0.00753. The van der Waals surface area contributed by atoms with Crippen molar-refractivity contribution in [3.63, 3.8) is 0 Å². The quantitative estimate of drug-likeness (QED) is 0.608. The molecule has 2 aromatic rings. The molecule has 0 radical (unpaired) electrons. The van der Waals surface area contributed by atoms with E-state index in [9.17, 15) is 19.5 Å². The van der Waals surface area contributed by atoms with Crippen LogP contribution in [-0.4, -0.2) is 53.2 Å². The van der Waals surface area contributed by atoms with E-state index in [-0.39, 0.29) is 42.9 Å². The molecule has 3 atom stereocenters. The summed E-state index contributed by atoms with van der Waals surface area (Å²) in [4.78, 5) is 38.6. The summed E-state index contributed by atoms with van der Waals surface area (Å²) in [5, 5.41) is 12.1. The van der Waals surface area contributed by atoms with Crippen molar-refractivity contribution < 1.29 is 24.2 Å². The fraction of sp³-hybridized carbons (Fsp3) is 0.393. The van der Waals surface area contributed by atoms with Gasteiger partial charge in [0.25, 0.3) is 0 Å². The molecular weight excluding hydrogens is 444 g/mol. The molecule has 1 aliphatic heterocycles. The Kier molecular flexibility index (Phi) is 6.57. The molecule has 2 N–H and O–H groups in total. The second-order valence-corrected chi connectivity index (χ2v) is 9.58. The molecule has 0 spiro atoms. The number of piperidine rings is 1. The van der Waals surface area contributed by atoms with Crippen LogP contribution in [0.1, 0.15) is 49.1 Å². The Hall–Kier alpha value is -3.61. The summed E-state index contributed by atoms with van der Waals surface area (Å²) in [5.41, 5.74) is 4.67. The summed E-state index contributed by atoms with van der Waals surface area (Å²) in [6.07, 6.45) is 6.13. The number of amides is 2. The lowest BCUT2D eigenvalue weighted by Gasteiger charge is -2.36. The number of fused-ring (bicyclic) bond motifs is 3. The van der Waals surface area contributed by atoms with E-state index in [1.807, 2.05) is 36.4 Å². The summed E-state index contributed by atoms with van der Waals surface area (Å²) in [6.45, 7) is 0.828. The molecule has 2 aromatic carbocycles. The number of ether oxygens (including phenoxy) is 1. The van der Waals surface area contributed by atoms with Crippen LogP contribution in [0.5, 0.6) is 0 Å². The average molecular weight is 475 g/mol. The largest absolute Gasteiger partial charge is 0.481 e. The van der Waals surface area contributed by atoms with Crippen molar-refractivity contribution >= 4 is 18.0 Å². The monoisotopic (exact) mass is 474 g/mol. The molecule has 1 saturated heterocycles. The van der Waals surface area contributed by atoms with Gasteiger partial charge in [0.2, 0.25) is 5.91 Å². The Morgan fingerprint density at radius 1 is 0.971 bits per heavy atom. The van der Waals surface area contributed by atoms with Crippen molar-refractivity contribution in [2.24, 2.45) is 5.92 Å². The highest BCUT2D eigenvalue weighted by Crippen LogP contribution is 2.44. The van der Waals surface area contributed by atoms with Gasteiger partial charge in [0.05, 0.1) is 18.4 Å². The molecule has 35 heavy (non-hydrogen) atoms. The van der Waals surface area contributed by atoms with Crippen LogP contribution in [0.2, 0.25) is 0 Å². The van der Waals surface area contributed by atoms with E-state index in [2.05, 4.69) is 29.6 Å². The Labute approximate surface area is 204 Å². The number of alkyl carbamates (subject to hydrolysis) is 1. The fourth-order valence-corrected chi connectivity index (χ4v) is 5.70. The maximum atomic E-state index is 13.1. The molecule has 5 rings (SSSR count). The number of nitrogens with zero attached hydrogens (tertiary/aromatic N) is 1. The van der Waals surface area contributed by atoms with Crippen molar-refractivity contribution in [2.45, 2.75) is 50.1 Å². The van der Waals surface area contributed by atoms with E-state index in [4.69, 9.17) is 4.74 Å². The number of likely N-dealkylation sites (tertiary alicyclic amines) is 1. The average Bonchev–Trinajstić information content (AvgIpc) is 3.45. The van der Waals surface area contributed by atoms with Gasteiger partial charge in [-0.25, -0.2) is 4.79 Å². The smallest absolute Gasteiger partial charge is 0.407 e. The number of hydrogen-bond acceptors (Lipinski definition) is 4. The summed E-state index contributed by atoms with van der Waals surface area (Å²) in [5.74, 6) is -1.30. The van der Waals surface area contributed by atoms with E-state index in [1.54, 1.807) is 4.90 Å². The van der Waals surface area contributed by atoms with E-state index in [1.165, 1.54) is 11.1 Å². The molecule has 0 bridgehead atoms. The molecule has 0 saturated carbocycles. The lowest BCUT2D eigenvalue weighted by molar-refractivity contribution is -0.143. The first kappa shape index (κ1) is 23.1. The molecule has 182 valence electrons. The van der Waals surface area contributed by atoms with Gasteiger partial charge in [-0.3, -0.25) is 9.59 Å². The number of rotatable bonds is 6. The second kappa shape index (κ2) is 9.94. The first-order valence-corrected chi connectivity index (χ1v) is 12.3. The molecule has 2 amide bonds. The van der Waals surface area contributed by atoms with E-state index in [0.717, 1.165) is 30.4 Å². The number of carbonyl (C=O) groups is 3. The highest BCUT2D eigenvalue weighted by Gasteiger charge is 2.35. The van der Waals surface area contributed by atoms with Crippen LogP contribution < -0.4 is 5.32 Å². The summed E-state index contributed by atoms with van der Waals surface area (Å²) >= 11 is 0. The normalized spacial score (nSPS) is 23.0. The van der Waals surface area contributed by atoms with Crippen LogP contribution in [0.3, 0.4) is 0 Å². The van der Waals surface area contributed by atoms with Gasteiger partial charge in [0, 0.05) is 18.5 Å². The Morgan fingerprint density at radius 3 is 2.34 bits per heavy atom. The Morgan fingerprint density at radius 2 is 1.66 bits per heavy atom. The number of hydrogen-bond donors (Lipinski definition) is 2. The maximum Gasteiger partial charge on any atom is 0.407 e. The molecular formula is C28H30N2O5. The van der Waals surface area contributed by atoms with E-state index in [0.29, 0.717) is 13.0 Å². The predicted octanol–water partition coefficient (Wildman–Crippen LogP) is 4.33. The number of nitrogens with one attached hydrogen (secondary N) is 1. The van der Waals surface area contributed by atoms with Gasteiger partial charge in [-0.2, -0.15) is 0 Å². The number of carboxylic acids is 1. The topological polar surface area (TPSA) is 95.9 Å². The molecule has 1 heterocycles. The van der Waals surface area contributed by atoms with Crippen LogP contribution in [0, 0.1) is 5.92 Å². The SMILES string of the molecule is O=C(O)CC1CCCCN1C(=O)C1C=CC(NC(=O)OCC2c3ccccc3-c3ccccc32)C1. The molecule has 7 nitrogen and oxygen atoms in total. The fourth-order valence-electron chi connectivity index (χ4n) is 5.70. The number of carbonyl (C=O) groups excluding carboxylic acids is 2. The zero-order valence-electron chi connectivity index (χ0n) is 19.6. The van der Waals surface area contributed by atoms with Gasteiger partial charge in [0.1, 0.15) is 6.61 Å². The Bertz CT molecular complexity index is 1110. The van der Waals surface area contributed by atoms with Gasteiger partial charge in [-0.15, -0.1) is 0 Å². The number of aliphatic carboxylic acids is 1. The summed E-state index contributed by atoms with van der Waals surface area (Å²) < 4.78 is 5.63. The van der Waals surface area contributed by atoms with E-state index >= 15 is 0 Å². The van der Waals surface area contributed by atoms with Crippen molar-refractivity contribution in [1.82, 2.24) is 10.2 Å². The van der Waals surface area contributed by atoms with Gasteiger partial charge in [-0.1, -0.05) is 60.7 Å². The molecule has 7 heteroatoms. The summed E-state index contributed by atoms with van der Waals surface area (Å²) in [7, 11) is 0. The Balaban J connectivity index is 1.15. The second-order valence-electron chi connectivity index (χ2n) is 9.58.